The highest BCUT2D eigenvalue weighted by molar-refractivity contribution is 5.83. The summed E-state index contributed by atoms with van der Waals surface area (Å²) in [5.41, 5.74) is 0.300. The standard InChI is InChI=1S/C27H35F4N7O3/c1-25(2,3)41-24(40)37-12-10-26(11-13-37,23(39)36-32)15-33-21-20(28)22(35-16-34-21)38(19-8-9-19)14-17-4-6-18(7-5-17)27(29,30)31/h4-7,16,19H,8-15,32H2,1-3H3,(H,36,39)(H,33,34,35). The third-order valence-electron chi connectivity index (χ3n) is 7.24. The molecule has 41 heavy (non-hydrogen) atoms. The number of nitrogens with one attached hydrogen (secondary N) is 2. The molecule has 0 unspecified atom stereocenters. The minimum absolute atomic E-state index is 0.00605. The highest BCUT2D eigenvalue weighted by atomic mass is 19.4. The lowest BCUT2D eigenvalue weighted by Gasteiger charge is -2.40. The molecule has 4 rings (SSSR count). The molecule has 14 heteroatoms. The van der Waals surface area contributed by atoms with E-state index in [2.05, 4.69) is 20.7 Å². The number of halogens is 4. The molecule has 1 saturated heterocycles. The van der Waals surface area contributed by atoms with Gasteiger partial charge in [0.25, 0.3) is 0 Å². The summed E-state index contributed by atoms with van der Waals surface area (Å²) in [5.74, 6) is 4.18. The lowest BCUT2D eigenvalue weighted by molar-refractivity contribution is -0.137. The number of hydrazine groups is 1. The van der Waals surface area contributed by atoms with Crippen molar-refractivity contribution in [2.24, 2.45) is 11.3 Å². The average Bonchev–Trinajstić information content (AvgIpc) is 3.75. The molecule has 1 aliphatic heterocycles. The molecule has 4 N–H and O–H groups in total. The molecule has 2 heterocycles. The highest BCUT2D eigenvalue weighted by Gasteiger charge is 2.43. The van der Waals surface area contributed by atoms with Crippen LogP contribution in [0.15, 0.2) is 30.6 Å². The molecule has 0 bridgehead atoms. The van der Waals surface area contributed by atoms with E-state index in [4.69, 9.17) is 10.6 Å². The van der Waals surface area contributed by atoms with E-state index in [0.29, 0.717) is 5.56 Å². The van der Waals surface area contributed by atoms with Gasteiger partial charge in [0.15, 0.2) is 11.6 Å². The number of likely N-dealkylation sites (tertiary alicyclic amines) is 1. The SMILES string of the molecule is CC(C)(C)OC(=O)N1CCC(CNc2ncnc(N(Cc3ccc(C(F)(F)F)cc3)C3CC3)c2F)(C(=O)NN)CC1. The van der Waals surface area contributed by atoms with Crippen molar-refractivity contribution in [1.29, 1.82) is 0 Å². The summed E-state index contributed by atoms with van der Waals surface area (Å²) in [7, 11) is 0. The van der Waals surface area contributed by atoms with Crippen LogP contribution in [0.5, 0.6) is 0 Å². The Balaban J connectivity index is 1.48. The molecule has 1 aromatic carbocycles. The molecular weight excluding hydrogens is 546 g/mol. The number of carbonyl (C=O) groups excluding carboxylic acids is 2. The van der Waals surface area contributed by atoms with Gasteiger partial charge < -0.3 is 19.9 Å². The van der Waals surface area contributed by atoms with Crippen LogP contribution in [0.3, 0.4) is 0 Å². The quantitative estimate of drug-likeness (QED) is 0.183. The number of anilines is 2. The van der Waals surface area contributed by atoms with Gasteiger partial charge in [0.05, 0.1) is 11.0 Å². The molecule has 2 aliphatic rings. The van der Waals surface area contributed by atoms with E-state index in [-0.39, 0.29) is 56.7 Å². The zero-order chi connectivity index (χ0) is 30.0. The number of ether oxygens (including phenoxy) is 1. The Bertz CT molecular complexity index is 1240. The van der Waals surface area contributed by atoms with E-state index < -0.39 is 40.6 Å². The van der Waals surface area contributed by atoms with Crippen LogP contribution in [-0.4, -0.2) is 58.1 Å². The number of benzene rings is 1. The molecule has 0 radical (unpaired) electrons. The van der Waals surface area contributed by atoms with E-state index >= 15 is 4.39 Å². The zero-order valence-electron chi connectivity index (χ0n) is 23.2. The minimum atomic E-state index is -4.45. The lowest BCUT2D eigenvalue weighted by atomic mass is 9.77. The average molecular weight is 582 g/mol. The molecule has 224 valence electrons. The van der Waals surface area contributed by atoms with Crippen LogP contribution in [0.4, 0.5) is 34.0 Å². The summed E-state index contributed by atoms with van der Waals surface area (Å²) < 4.78 is 60.1. The maximum Gasteiger partial charge on any atom is 0.416 e. The normalized spacial score (nSPS) is 17.1. The summed E-state index contributed by atoms with van der Waals surface area (Å²) in [5, 5.41) is 2.93. The summed E-state index contributed by atoms with van der Waals surface area (Å²) >= 11 is 0. The first kappa shape index (κ1) is 30.3. The predicted octanol–water partition coefficient (Wildman–Crippen LogP) is 4.22. The molecule has 0 spiro atoms. The van der Waals surface area contributed by atoms with Gasteiger partial charge in [-0.25, -0.2) is 20.6 Å². The summed E-state index contributed by atoms with van der Waals surface area (Å²) in [6.45, 7) is 5.94. The molecule has 1 aliphatic carbocycles. The summed E-state index contributed by atoms with van der Waals surface area (Å²) in [6.07, 6.45) is -1.63. The number of alkyl halides is 3. The Labute approximate surface area is 235 Å². The van der Waals surface area contributed by atoms with Crippen molar-refractivity contribution in [3.63, 3.8) is 0 Å². The van der Waals surface area contributed by atoms with E-state index in [1.54, 1.807) is 25.7 Å². The van der Waals surface area contributed by atoms with Crippen molar-refractivity contribution >= 4 is 23.6 Å². The van der Waals surface area contributed by atoms with Gasteiger partial charge in [-0.15, -0.1) is 0 Å². The van der Waals surface area contributed by atoms with Crippen molar-refractivity contribution in [2.45, 2.75) is 70.8 Å². The number of hydrogen-bond donors (Lipinski definition) is 3. The molecule has 2 aromatic rings. The highest BCUT2D eigenvalue weighted by Crippen LogP contribution is 2.37. The topological polar surface area (TPSA) is 126 Å². The number of piperidine rings is 1. The summed E-state index contributed by atoms with van der Waals surface area (Å²) in [6, 6.07) is 4.73. The fraction of sp³-hybridized carbons (Fsp3) is 0.556. The predicted molar refractivity (Wildman–Crippen MR) is 143 cm³/mol. The maximum absolute atomic E-state index is 15.7. The second kappa shape index (κ2) is 11.7. The number of rotatable bonds is 8. The molecule has 2 amide bonds. The van der Waals surface area contributed by atoms with Crippen LogP contribution in [0.2, 0.25) is 0 Å². The molecule has 2 fully saturated rings. The van der Waals surface area contributed by atoms with Crippen LogP contribution >= 0.6 is 0 Å². The fourth-order valence-electron chi connectivity index (χ4n) is 4.78. The van der Waals surface area contributed by atoms with Gasteiger partial charge in [0.1, 0.15) is 11.9 Å². The zero-order valence-corrected chi connectivity index (χ0v) is 23.2. The molecule has 1 saturated carbocycles. The van der Waals surface area contributed by atoms with Gasteiger partial charge in [-0.1, -0.05) is 12.1 Å². The molecular formula is C27H35F4N7O3. The number of hydrogen-bond acceptors (Lipinski definition) is 8. The number of amides is 2. The molecule has 10 nitrogen and oxygen atoms in total. The van der Waals surface area contributed by atoms with Crippen molar-refractivity contribution in [3.05, 3.63) is 47.5 Å². The second-order valence-corrected chi connectivity index (χ2v) is 11.5. The third kappa shape index (κ3) is 7.34. The Morgan fingerprint density at radius 2 is 1.76 bits per heavy atom. The van der Waals surface area contributed by atoms with Crippen molar-refractivity contribution in [1.82, 2.24) is 20.3 Å². The smallest absolute Gasteiger partial charge is 0.416 e. The lowest BCUT2D eigenvalue weighted by Crippen LogP contribution is -2.55. The summed E-state index contributed by atoms with van der Waals surface area (Å²) in [4.78, 5) is 36.7. The van der Waals surface area contributed by atoms with E-state index in [1.165, 1.54) is 23.4 Å². The number of nitrogens with zero attached hydrogens (tertiary/aromatic N) is 4. The Morgan fingerprint density at radius 1 is 1.12 bits per heavy atom. The molecule has 0 atom stereocenters. The Morgan fingerprint density at radius 3 is 2.29 bits per heavy atom. The van der Waals surface area contributed by atoms with Gasteiger partial charge in [-0.3, -0.25) is 10.2 Å². The van der Waals surface area contributed by atoms with Crippen LogP contribution in [0.1, 0.15) is 57.6 Å². The largest absolute Gasteiger partial charge is 0.444 e. The first-order chi connectivity index (χ1) is 19.2. The van der Waals surface area contributed by atoms with E-state index in [0.717, 1.165) is 25.0 Å². The van der Waals surface area contributed by atoms with Crippen molar-refractivity contribution < 1.29 is 31.9 Å². The number of aromatic nitrogens is 2. The van der Waals surface area contributed by atoms with Crippen molar-refractivity contribution in [2.75, 3.05) is 29.9 Å². The van der Waals surface area contributed by atoms with Crippen LogP contribution < -0.4 is 21.5 Å². The Hall–Kier alpha value is -3.68. The van der Waals surface area contributed by atoms with E-state index in [9.17, 15) is 22.8 Å². The van der Waals surface area contributed by atoms with E-state index in [1.807, 2.05) is 0 Å². The third-order valence-corrected chi connectivity index (χ3v) is 7.24. The monoisotopic (exact) mass is 581 g/mol. The van der Waals surface area contributed by atoms with Gasteiger partial charge in [0.2, 0.25) is 11.7 Å². The van der Waals surface area contributed by atoms with Gasteiger partial charge in [-0.05, 0) is 64.2 Å². The Kier molecular flexibility index (Phi) is 8.62. The van der Waals surface area contributed by atoms with Crippen LogP contribution in [-0.2, 0) is 22.3 Å². The van der Waals surface area contributed by atoms with Crippen molar-refractivity contribution in [3.8, 4) is 0 Å². The minimum Gasteiger partial charge on any atom is -0.444 e. The number of carbonyl (C=O) groups is 2. The van der Waals surface area contributed by atoms with Gasteiger partial charge in [0, 0.05) is 32.2 Å². The fourth-order valence-corrected chi connectivity index (χ4v) is 4.78. The van der Waals surface area contributed by atoms with Crippen LogP contribution in [0.25, 0.3) is 0 Å². The second-order valence-electron chi connectivity index (χ2n) is 11.5. The van der Waals surface area contributed by atoms with Crippen LogP contribution in [0, 0.1) is 11.2 Å². The first-order valence-electron chi connectivity index (χ1n) is 13.4. The maximum atomic E-state index is 15.7. The number of nitrogens with two attached hydrogens (primary N) is 1. The van der Waals surface area contributed by atoms with Gasteiger partial charge in [-0.2, -0.15) is 17.6 Å². The first-order valence-corrected chi connectivity index (χ1v) is 13.4. The van der Waals surface area contributed by atoms with Gasteiger partial charge >= 0.3 is 12.3 Å². The molecule has 1 aromatic heterocycles.